The van der Waals surface area contributed by atoms with Crippen molar-refractivity contribution in [2.24, 2.45) is 0 Å². The van der Waals surface area contributed by atoms with Crippen molar-refractivity contribution >= 4 is 23.7 Å². The first-order valence-electron chi connectivity index (χ1n) is 4.62. The number of thiazole rings is 1. The molecule has 0 amide bonds. The molecule has 0 bridgehead atoms. The fourth-order valence-corrected chi connectivity index (χ4v) is 2.90. The molecule has 2 nitrogen and oxygen atoms in total. The fraction of sp³-hybridized carbons (Fsp3) is 0.667. The monoisotopic (exact) mass is 216 g/mol. The molecule has 2 heterocycles. The van der Waals surface area contributed by atoms with Gasteiger partial charge in [0.25, 0.3) is 0 Å². The second-order valence-corrected chi connectivity index (χ2v) is 4.74. The summed E-state index contributed by atoms with van der Waals surface area (Å²) >= 11 is 1.93. The molecule has 0 spiro atoms. The molecular formula is C9H13ClN2S. The van der Waals surface area contributed by atoms with Crippen molar-refractivity contribution in [3.05, 3.63) is 15.6 Å². The zero-order valence-electron chi connectivity index (χ0n) is 7.38. The van der Waals surface area contributed by atoms with Gasteiger partial charge in [-0.15, -0.1) is 23.7 Å². The maximum Gasteiger partial charge on any atom is 0.0962 e. The topological polar surface area (TPSA) is 24.9 Å². The second kappa shape index (κ2) is 3.56. The van der Waals surface area contributed by atoms with Crippen LogP contribution in [-0.2, 0) is 13.0 Å². The van der Waals surface area contributed by atoms with Crippen molar-refractivity contribution < 1.29 is 0 Å². The number of hydrogen-bond acceptors (Lipinski definition) is 3. The van der Waals surface area contributed by atoms with Gasteiger partial charge in [0, 0.05) is 30.3 Å². The van der Waals surface area contributed by atoms with E-state index in [1.165, 1.54) is 28.4 Å². The largest absolute Gasteiger partial charge is 0.311 e. The molecule has 1 aromatic rings. The lowest BCUT2D eigenvalue weighted by molar-refractivity contribution is 0.642. The zero-order valence-corrected chi connectivity index (χ0v) is 9.01. The Hall–Kier alpha value is -0.120. The molecule has 0 atom stereocenters. The third-order valence-corrected chi connectivity index (χ3v) is 3.81. The first-order chi connectivity index (χ1) is 5.93. The van der Waals surface area contributed by atoms with Gasteiger partial charge >= 0.3 is 0 Å². The van der Waals surface area contributed by atoms with Gasteiger partial charge in [-0.3, -0.25) is 0 Å². The molecule has 1 aromatic heterocycles. The highest BCUT2D eigenvalue weighted by atomic mass is 35.5. The van der Waals surface area contributed by atoms with Gasteiger partial charge in [0.05, 0.1) is 10.7 Å². The van der Waals surface area contributed by atoms with E-state index in [1.807, 2.05) is 11.3 Å². The molecule has 1 aliphatic carbocycles. The van der Waals surface area contributed by atoms with Crippen molar-refractivity contribution in [1.82, 2.24) is 10.3 Å². The molecular weight excluding hydrogens is 204 g/mol. The molecule has 0 aromatic carbocycles. The summed E-state index contributed by atoms with van der Waals surface area (Å²) in [6.45, 7) is 2.17. The van der Waals surface area contributed by atoms with Crippen LogP contribution < -0.4 is 5.32 Å². The van der Waals surface area contributed by atoms with Gasteiger partial charge in [-0.1, -0.05) is 0 Å². The van der Waals surface area contributed by atoms with Crippen molar-refractivity contribution in [3.63, 3.8) is 0 Å². The number of hydrogen-bond donors (Lipinski definition) is 1. The molecule has 1 N–H and O–H groups in total. The summed E-state index contributed by atoms with van der Waals surface area (Å²) in [5, 5.41) is 4.79. The third-order valence-electron chi connectivity index (χ3n) is 2.55. The van der Waals surface area contributed by atoms with Gasteiger partial charge in [0.2, 0.25) is 0 Å². The molecule has 13 heavy (non-hydrogen) atoms. The quantitative estimate of drug-likeness (QED) is 0.778. The summed E-state index contributed by atoms with van der Waals surface area (Å²) in [6.07, 6.45) is 3.89. The molecule has 0 saturated heterocycles. The number of nitrogens with one attached hydrogen (secondary N) is 1. The second-order valence-electron chi connectivity index (χ2n) is 3.62. The Morgan fingerprint density at radius 3 is 2.92 bits per heavy atom. The number of rotatable bonds is 1. The van der Waals surface area contributed by atoms with E-state index in [4.69, 9.17) is 4.98 Å². The zero-order chi connectivity index (χ0) is 7.97. The van der Waals surface area contributed by atoms with Gasteiger partial charge in [-0.05, 0) is 12.8 Å². The Morgan fingerprint density at radius 1 is 1.38 bits per heavy atom. The Morgan fingerprint density at radius 2 is 2.23 bits per heavy atom. The van der Waals surface area contributed by atoms with E-state index in [0.29, 0.717) is 0 Å². The smallest absolute Gasteiger partial charge is 0.0962 e. The van der Waals surface area contributed by atoms with Crippen LogP contribution in [0, 0.1) is 0 Å². The van der Waals surface area contributed by atoms with Gasteiger partial charge in [-0.2, -0.15) is 0 Å². The lowest BCUT2D eigenvalue weighted by Gasteiger charge is -2.09. The summed E-state index contributed by atoms with van der Waals surface area (Å²) in [5.41, 5.74) is 1.38. The Kier molecular flexibility index (Phi) is 2.58. The Balaban J connectivity index is 0.000000653. The lowest BCUT2D eigenvalue weighted by atomic mass is 10.2. The maximum absolute atomic E-state index is 4.69. The van der Waals surface area contributed by atoms with E-state index >= 15 is 0 Å². The molecule has 1 fully saturated rings. The van der Waals surface area contributed by atoms with Gasteiger partial charge in [-0.25, -0.2) is 4.98 Å². The van der Waals surface area contributed by atoms with Crippen molar-refractivity contribution in [2.75, 3.05) is 6.54 Å². The number of aromatic nitrogens is 1. The van der Waals surface area contributed by atoms with Crippen LogP contribution in [0.2, 0.25) is 0 Å². The average Bonchev–Trinajstić information content (AvgIpc) is 2.85. The highest BCUT2D eigenvalue weighted by molar-refractivity contribution is 7.11. The lowest BCUT2D eigenvalue weighted by Crippen LogP contribution is -2.22. The Bertz CT molecular complexity index is 283. The van der Waals surface area contributed by atoms with E-state index < -0.39 is 0 Å². The number of halogens is 1. The normalized spacial score (nSPS) is 20.6. The number of fused-ring (bicyclic) bond motifs is 1. The SMILES string of the molecule is C1Cc2nc(C3CC3)sc2CN1.Cl. The van der Waals surface area contributed by atoms with Gasteiger partial charge in [0.15, 0.2) is 0 Å². The van der Waals surface area contributed by atoms with E-state index in [2.05, 4.69) is 5.32 Å². The first-order valence-corrected chi connectivity index (χ1v) is 5.44. The molecule has 3 rings (SSSR count). The molecule has 2 aliphatic rings. The molecule has 1 saturated carbocycles. The minimum absolute atomic E-state index is 0. The van der Waals surface area contributed by atoms with Crippen LogP contribution in [0.15, 0.2) is 0 Å². The van der Waals surface area contributed by atoms with Crippen molar-refractivity contribution in [3.8, 4) is 0 Å². The van der Waals surface area contributed by atoms with Crippen LogP contribution in [-0.4, -0.2) is 11.5 Å². The van der Waals surface area contributed by atoms with E-state index in [1.54, 1.807) is 0 Å². The molecule has 72 valence electrons. The van der Waals surface area contributed by atoms with Crippen LogP contribution in [0.25, 0.3) is 0 Å². The van der Waals surface area contributed by atoms with Crippen LogP contribution >= 0.6 is 23.7 Å². The van der Waals surface area contributed by atoms with E-state index in [-0.39, 0.29) is 12.4 Å². The first kappa shape index (κ1) is 9.44. The van der Waals surface area contributed by atoms with Crippen molar-refractivity contribution in [2.45, 2.75) is 31.7 Å². The third kappa shape index (κ3) is 1.73. The van der Waals surface area contributed by atoms with Crippen LogP contribution in [0.3, 0.4) is 0 Å². The fourth-order valence-electron chi connectivity index (χ4n) is 1.65. The Labute approximate surface area is 88.2 Å². The molecule has 4 heteroatoms. The van der Waals surface area contributed by atoms with Crippen LogP contribution in [0.1, 0.15) is 34.3 Å². The summed E-state index contributed by atoms with van der Waals surface area (Å²) in [7, 11) is 0. The minimum Gasteiger partial charge on any atom is -0.311 e. The summed E-state index contributed by atoms with van der Waals surface area (Å²) in [6, 6.07) is 0. The standard InChI is InChI=1S/C9H12N2S.ClH/c1-2-6(1)9-11-7-3-4-10-5-8(7)12-9;/h6,10H,1-5H2;1H. The van der Waals surface area contributed by atoms with Gasteiger partial charge in [0.1, 0.15) is 0 Å². The summed E-state index contributed by atoms with van der Waals surface area (Å²) < 4.78 is 0. The molecule has 0 radical (unpaired) electrons. The average molecular weight is 217 g/mol. The van der Waals surface area contributed by atoms with Crippen LogP contribution in [0.4, 0.5) is 0 Å². The van der Waals surface area contributed by atoms with E-state index in [9.17, 15) is 0 Å². The van der Waals surface area contributed by atoms with Gasteiger partial charge < -0.3 is 5.32 Å². The number of nitrogens with zero attached hydrogens (tertiary/aromatic N) is 1. The summed E-state index contributed by atoms with van der Waals surface area (Å²) in [5.74, 6) is 0.834. The molecule has 1 aliphatic heterocycles. The minimum atomic E-state index is 0. The highest BCUT2D eigenvalue weighted by Gasteiger charge is 2.28. The predicted molar refractivity (Wildman–Crippen MR) is 56.7 cm³/mol. The van der Waals surface area contributed by atoms with Crippen molar-refractivity contribution in [1.29, 1.82) is 0 Å². The summed E-state index contributed by atoms with van der Waals surface area (Å²) in [4.78, 5) is 6.18. The maximum atomic E-state index is 4.69. The molecule has 0 unspecified atom stereocenters. The van der Waals surface area contributed by atoms with Crippen LogP contribution in [0.5, 0.6) is 0 Å². The predicted octanol–water partition coefficient (Wildman–Crippen LogP) is 2.09. The highest BCUT2D eigenvalue weighted by Crippen LogP contribution is 2.42. The van der Waals surface area contributed by atoms with E-state index in [0.717, 1.165) is 25.4 Å².